The highest BCUT2D eigenvalue weighted by Crippen LogP contribution is 2.22. The van der Waals surface area contributed by atoms with E-state index in [-0.39, 0.29) is 12.6 Å². The third-order valence-electron chi connectivity index (χ3n) is 2.89. The van der Waals surface area contributed by atoms with Crippen LogP contribution in [0.5, 0.6) is 5.75 Å². The van der Waals surface area contributed by atoms with Crippen LogP contribution in [0.2, 0.25) is 0 Å². The second-order valence-electron chi connectivity index (χ2n) is 3.91. The third kappa shape index (κ3) is 3.75. The molecule has 0 amide bonds. The van der Waals surface area contributed by atoms with Gasteiger partial charge in [-0.25, -0.2) is 0 Å². The van der Waals surface area contributed by atoms with E-state index in [0.717, 1.165) is 11.3 Å². The van der Waals surface area contributed by atoms with Crippen molar-refractivity contribution in [3.63, 3.8) is 0 Å². The lowest BCUT2D eigenvalue weighted by Gasteiger charge is -2.26. The minimum atomic E-state index is -0.799. The molecule has 1 rings (SSSR count). The summed E-state index contributed by atoms with van der Waals surface area (Å²) in [5.41, 5.74) is 1.09. The number of benzene rings is 1. The molecule has 0 aliphatic carbocycles. The molecule has 1 N–H and O–H groups in total. The Balaban J connectivity index is 2.78. The first-order valence-corrected chi connectivity index (χ1v) is 5.68. The van der Waals surface area contributed by atoms with Gasteiger partial charge >= 0.3 is 5.97 Å². The summed E-state index contributed by atoms with van der Waals surface area (Å²) in [5.74, 6) is 0.00875. The van der Waals surface area contributed by atoms with Gasteiger partial charge in [0.1, 0.15) is 5.75 Å². The Labute approximate surface area is 102 Å². The Bertz CT molecular complexity index is 361. The largest absolute Gasteiger partial charge is 0.497 e. The summed E-state index contributed by atoms with van der Waals surface area (Å²) in [6.07, 6.45) is 0. The number of methoxy groups -OCH3 is 1. The van der Waals surface area contributed by atoms with Crippen LogP contribution < -0.4 is 4.74 Å². The number of nitrogens with zero attached hydrogens (tertiary/aromatic N) is 1. The summed E-state index contributed by atoms with van der Waals surface area (Å²) in [5, 5.41) is 8.83. The number of rotatable bonds is 6. The van der Waals surface area contributed by atoms with E-state index in [2.05, 4.69) is 0 Å². The van der Waals surface area contributed by atoms with Crippen molar-refractivity contribution in [3.05, 3.63) is 29.8 Å². The Morgan fingerprint density at radius 3 is 2.41 bits per heavy atom. The number of carbonyl (C=O) groups is 1. The quantitative estimate of drug-likeness (QED) is 0.823. The van der Waals surface area contributed by atoms with E-state index in [9.17, 15) is 4.79 Å². The van der Waals surface area contributed by atoms with Gasteiger partial charge in [-0.15, -0.1) is 0 Å². The van der Waals surface area contributed by atoms with Crippen molar-refractivity contribution in [1.82, 2.24) is 4.90 Å². The molecule has 1 unspecified atom stereocenters. The summed E-state index contributed by atoms with van der Waals surface area (Å²) in [7, 11) is 1.63. The third-order valence-corrected chi connectivity index (χ3v) is 2.89. The van der Waals surface area contributed by atoms with Crippen molar-refractivity contribution in [3.8, 4) is 5.75 Å². The van der Waals surface area contributed by atoms with Crippen molar-refractivity contribution >= 4 is 5.97 Å². The van der Waals surface area contributed by atoms with Gasteiger partial charge in [0.25, 0.3) is 0 Å². The van der Waals surface area contributed by atoms with E-state index in [1.54, 1.807) is 7.11 Å². The zero-order chi connectivity index (χ0) is 12.8. The van der Waals surface area contributed by atoms with E-state index in [1.807, 2.05) is 43.0 Å². The lowest BCUT2D eigenvalue weighted by Crippen LogP contribution is -2.32. The summed E-state index contributed by atoms with van der Waals surface area (Å²) in [4.78, 5) is 12.7. The standard InChI is InChI=1S/C13H19NO3/c1-4-14(9-13(15)16)10(2)11-5-7-12(17-3)8-6-11/h5-8,10H,4,9H2,1-3H3,(H,15,16). The smallest absolute Gasteiger partial charge is 0.317 e. The zero-order valence-corrected chi connectivity index (χ0v) is 10.5. The molecule has 0 saturated heterocycles. The molecule has 17 heavy (non-hydrogen) atoms. The summed E-state index contributed by atoms with van der Waals surface area (Å²) in [6.45, 7) is 4.74. The van der Waals surface area contributed by atoms with Crippen LogP contribution in [0.25, 0.3) is 0 Å². The molecule has 0 bridgehead atoms. The number of carboxylic acids is 1. The molecule has 0 radical (unpaired) electrons. The van der Waals surface area contributed by atoms with Crippen LogP contribution in [-0.2, 0) is 4.79 Å². The van der Waals surface area contributed by atoms with Crippen molar-refractivity contribution in [2.24, 2.45) is 0 Å². The minimum absolute atomic E-state index is 0.0592. The highest BCUT2D eigenvalue weighted by Gasteiger charge is 2.16. The fourth-order valence-electron chi connectivity index (χ4n) is 1.79. The van der Waals surface area contributed by atoms with Crippen LogP contribution in [0, 0.1) is 0 Å². The van der Waals surface area contributed by atoms with Gasteiger partial charge < -0.3 is 9.84 Å². The van der Waals surface area contributed by atoms with Crippen molar-refractivity contribution in [2.75, 3.05) is 20.2 Å². The predicted molar refractivity (Wildman–Crippen MR) is 66.3 cm³/mol. The molecule has 0 aromatic heterocycles. The number of likely N-dealkylation sites (N-methyl/N-ethyl adjacent to an activating group) is 1. The van der Waals surface area contributed by atoms with Crippen LogP contribution in [-0.4, -0.2) is 36.2 Å². The SMILES string of the molecule is CCN(CC(=O)O)C(C)c1ccc(OC)cc1. The summed E-state index contributed by atoms with van der Waals surface area (Å²) in [6, 6.07) is 7.80. The lowest BCUT2D eigenvalue weighted by atomic mass is 10.1. The van der Waals surface area contributed by atoms with Gasteiger partial charge in [-0.2, -0.15) is 0 Å². The average molecular weight is 237 g/mol. The maximum Gasteiger partial charge on any atom is 0.317 e. The molecule has 0 fully saturated rings. The Morgan fingerprint density at radius 1 is 1.41 bits per heavy atom. The molecule has 0 heterocycles. The molecule has 0 aliphatic heterocycles. The second kappa shape index (κ2) is 6.25. The van der Waals surface area contributed by atoms with Crippen LogP contribution in [0.3, 0.4) is 0 Å². The fraction of sp³-hybridized carbons (Fsp3) is 0.462. The summed E-state index contributed by atoms with van der Waals surface area (Å²) < 4.78 is 5.09. The second-order valence-corrected chi connectivity index (χ2v) is 3.91. The molecule has 94 valence electrons. The number of hydrogen-bond acceptors (Lipinski definition) is 3. The van der Waals surface area contributed by atoms with Crippen LogP contribution in [0.15, 0.2) is 24.3 Å². The molecule has 4 heteroatoms. The Morgan fingerprint density at radius 2 is 2.00 bits per heavy atom. The molecule has 1 aromatic carbocycles. The maximum absolute atomic E-state index is 10.7. The van der Waals surface area contributed by atoms with Crippen molar-refractivity contribution < 1.29 is 14.6 Å². The number of carboxylic acid groups (broad SMARTS) is 1. The average Bonchev–Trinajstić information content (AvgIpc) is 2.35. The van der Waals surface area contributed by atoms with Gasteiger partial charge in [-0.05, 0) is 31.2 Å². The summed E-state index contributed by atoms with van der Waals surface area (Å²) >= 11 is 0. The molecule has 0 aliphatic rings. The topological polar surface area (TPSA) is 49.8 Å². The number of ether oxygens (including phenoxy) is 1. The first-order chi connectivity index (χ1) is 8.08. The molecular formula is C13H19NO3. The van der Waals surface area contributed by atoms with Gasteiger partial charge in [0.2, 0.25) is 0 Å². The molecule has 0 spiro atoms. The molecule has 4 nitrogen and oxygen atoms in total. The highest BCUT2D eigenvalue weighted by atomic mass is 16.5. The molecular weight excluding hydrogens is 218 g/mol. The van der Waals surface area contributed by atoms with E-state index < -0.39 is 5.97 Å². The van der Waals surface area contributed by atoms with Gasteiger partial charge in [0.05, 0.1) is 13.7 Å². The van der Waals surface area contributed by atoms with E-state index in [4.69, 9.17) is 9.84 Å². The van der Waals surface area contributed by atoms with E-state index >= 15 is 0 Å². The monoisotopic (exact) mass is 237 g/mol. The number of aliphatic carboxylic acids is 1. The van der Waals surface area contributed by atoms with Crippen molar-refractivity contribution in [1.29, 1.82) is 0 Å². The Hall–Kier alpha value is -1.55. The van der Waals surface area contributed by atoms with Gasteiger partial charge in [-0.3, -0.25) is 9.69 Å². The fourth-order valence-corrected chi connectivity index (χ4v) is 1.79. The normalized spacial score (nSPS) is 12.5. The highest BCUT2D eigenvalue weighted by molar-refractivity contribution is 5.69. The molecule has 1 atom stereocenters. The zero-order valence-electron chi connectivity index (χ0n) is 10.5. The lowest BCUT2D eigenvalue weighted by molar-refractivity contribution is -0.138. The van der Waals surface area contributed by atoms with Gasteiger partial charge in [0.15, 0.2) is 0 Å². The first-order valence-electron chi connectivity index (χ1n) is 5.68. The maximum atomic E-state index is 10.7. The molecule has 0 saturated carbocycles. The van der Waals surface area contributed by atoms with Crippen molar-refractivity contribution in [2.45, 2.75) is 19.9 Å². The Kier molecular flexibility index (Phi) is 4.97. The number of hydrogen-bond donors (Lipinski definition) is 1. The predicted octanol–water partition coefficient (Wildman–Crippen LogP) is 2.16. The molecule has 1 aromatic rings. The first kappa shape index (κ1) is 13.5. The van der Waals surface area contributed by atoms with Gasteiger partial charge in [0, 0.05) is 6.04 Å². The van der Waals surface area contributed by atoms with E-state index in [1.165, 1.54) is 0 Å². The van der Waals surface area contributed by atoms with Crippen LogP contribution >= 0.6 is 0 Å². The van der Waals surface area contributed by atoms with E-state index in [0.29, 0.717) is 6.54 Å². The van der Waals surface area contributed by atoms with Crippen LogP contribution in [0.4, 0.5) is 0 Å². The van der Waals surface area contributed by atoms with Crippen LogP contribution in [0.1, 0.15) is 25.5 Å². The van der Waals surface area contributed by atoms with Gasteiger partial charge in [-0.1, -0.05) is 19.1 Å². The minimum Gasteiger partial charge on any atom is -0.497 e.